The van der Waals surface area contributed by atoms with Crippen molar-refractivity contribution in [2.75, 3.05) is 13.1 Å². The van der Waals surface area contributed by atoms with Crippen LogP contribution in [0.2, 0.25) is 0 Å². The van der Waals surface area contributed by atoms with Gasteiger partial charge in [-0.2, -0.15) is 5.10 Å². The third kappa shape index (κ3) is 2.26. The topological polar surface area (TPSA) is 72.9 Å². The Bertz CT molecular complexity index is 631. The van der Waals surface area contributed by atoms with Crippen LogP contribution in [0.5, 0.6) is 0 Å². The number of halogens is 1. The van der Waals surface area contributed by atoms with E-state index in [4.69, 9.17) is 5.73 Å². The van der Waals surface area contributed by atoms with Gasteiger partial charge >= 0.3 is 0 Å². The Hall–Kier alpha value is -1.40. The smallest absolute Gasteiger partial charge is 0.269 e. The van der Waals surface area contributed by atoms with Crippen molar-refractivity contribution in [1.29, 1.82) is 0 Å². The molecule has 1 aromatic carbocycles. The largest absolute Gasteiger partial charge is 0.364 e. The Kier molecular flexibility index (Phi) is 3.28. The maximum atomic E-state index is 11.5. The molecule has 0 aliphatic carbocycles. The summed E-state index contributed by atoms with van der Waals surface area (Å²) in [4.78, 5) is 11.5. The number of carbonyl (C=O) groups excluding carboxylic acids is 1. The first kappa shape index (κ1) is 12.6. The lowest BCUT2D eigenvalue weighted by atomic mass is 10.1. The molecule has 1 saturated heterocycles. The summed E-state index contributed by atoms with van der Waals surface area (Å²) in [6.07, 6.45) is 2.04. The van der Waals surface area contributed by atoms with E-state index in [0.29, 0.717) is 11.7 Å². The number of aromatic nitrogens is 2. The summed E-state index contributed by atoms with van der Waals surface area (Å²) >= 11 is 3.42. The number of nitrogens with one attached hydrogen (secondary N) is 1. The van der Waals surface area contributed by atoms with Crippen LogP contribution in [0.25, 0.3) is 10.9 Å². The van der Waals surface area contributed by atoms with Gasteiger partial charge in [-0.1, -0.05) is 15.9 Å². The quantitative estimate of drug-likeness (QED) is 0.885. The number of benzene rings is 1. The number of nitrogens with zero attached hydrogens (tertiary/aromatic N) is 2. The Morgan fingerprint density at radius 2 is 2.16 bits per heavy atom. The monoisotopic (exact) mass is 322 g/mol. The Balaban J connectivity index is 2.16. The van der Waals surface area contributed by atoms with Crippen molar-refractivity contribution < 1.29 is 4.79 Å². The molecular weight excluding hydrogens is 308 g/mol. The van der Waals surface area contributed by atoms with Crippen LogP contribution in [-0.2, 0) is 0 Å². The molecule has 0 saturated carbocycles. The van der Waals surface area contributed by atoms with E-state index in [1.807, 2.05) is 22.9 Å². The maximum absolute atomic E-state index is 11.5. The van der Waals surface area contributed by atoms with Gasteiger partial charge in [0.25, 0.3) is 5.91 Å². The van der Waals surface area contributed by atoms with E-state index in [2.05, 4.69) is 26.3 Å². The highest BCUT2D eigenvalue weighted by Gasteiger charge is 2.22. The van der Waals surface area contributed by atoms with E-state index in [9.17, 15) is 4.79 Å². The maximum Gasteiger partial charge on any atom is 0.269 e. The standard InChI is InChI=1S/C13H15BrN4O/c14-8-1-2-11-10(7-8)12(13(15)19)17-18(11)9-3-5-16-6-4-9/h1-2,7,9,16H,3-6H2,(H2,15,19). The van der Waals surface area contributed by atoms with Gasteiger partial charge in [0.15, 0.2) is 5.69 Å². The molecule has 2 heterocycles. The molecule has 19 heavy (non-hydrogen) atoms. The molecule has 0 bridgehead atoms. The average molecular weight is 323 g/mol. The van der Waals surface area contributed by atoms with Crippen LogP contribution in [-0.4, -0.2) is 28.8 Å². The van der Waals surface area contributed by atoms with Gasteiger partial charge in [0, 0.05) is 9.86 Å². The molecule has 3 N–H and O–H groups in total. The summed E-state index contributed by atoms with van der Waals surface area (Å²) in [7, 11) is 0. The lowest BCUT2D eigenvalue weighted by Gasteiger charge is -2.23. The molecule has 6 heteroatoms. The van der Waals surface area contributed by atoms with Crippen molar-refractivity contribution in [2.45, 2.75) is 18.9 Å². The predicted octanol–water partition coefficient (Wildman–Crippen LogP) is 1.82. The van der Waals surface area contributed by atoms with Gasteiger partial charge in [0.2, 0.25) is 0 Å². The fraction of sp³-hybridized carbons (Fsp3) is 0.385. The third-order valence-corrected chi connectivity index (χ3v) is 4.05. The fourth-order valence-corrected chi connectivity index (χ4v) is 2.99. The first-order valence-electron chi connectivity index (χ1n) is 6.35. The van der Waals surface area contributed by atoms with E-state index in [-0.39, 0.29) is 0 Å². The van der Waals surface area contributed by atoms with Crippen molar-refractivity contribution >= 4 is 32.7 Å². The van der Waals surface area contributed by atoms with Crippen LogP contribution in [0.4, 0.5) is 0 Å². The van der Waals surface area contributed by atoms with E-state index < -0.39 is 5.91 Å². The normalized spacial score (nSPS) is 16.9. The van der Waals surface area contributed by atoms with Crippen molar-refractivity contribution in [2.24, 2.45) is 5.73 Å². The zero-order valence-corrected chi connectivity index (χ0v) is 12.0. The molecule has 1 aliphatic heterocycles. The molecule has 2 aromatic rings. The number of piperidine rings is 1. The number of carbonyl (C=O) groups is 1. The molecule has 1 amide bonds. The van der Waals surface area contributed by atoms with E-state index in [0.717, 1.165) is 41.3 Å². The Labute approximate surface area is 119 Å². The average Bonchev–Trinajstić information content (AvgIpc) is 2.78. The summed E-state index contributed by atoms with van der Waals surface area (Å²) < 4.78 is 2.88. The molecule has 0 atom stereocenters. The van der Waals surface area contributed by atoms with Crippen molar-refractivity contribution in [1.82, 2.24) is 15.1 Å². The number of amides is 1. The van der Waals surface area contributed by atoms with Crippen LogP contribution in [0.15, 0.2) is 22.7 Å². The van der Waals surface area contributed by atoms with Crippen LogP contribution < -0.4 is 11.1 Å². The van der Waals surface area contributed by atoms with Crippen LogP contribution in [0, 0.1) is 0 Å². The molecule has 5 nitrogen and oxygen atoms in total. The minimum Gasteiger partial charge on any atom is -0.364 e. The van der Waals surface area contributed by atoms with Crippen molar-refractivity contribution in [3.8, 4) is 0 Å². The van der Waals surface area contributed by atoms with Gasteiger partial charge in [-0.15, -0.1) is 0 Å². The number of primary amides is 1. The minimum atomic E-state index is -0.476. The molecule has 1 fully saturated rings. The molecule has 0 spiro atoms. The molecule has 100 valence electrons. The third-order valence-electron chi connectivity index (χ3n) is 3.56. The molecule has 0 unspecified atom stereocenters. The second-order valence-corrected chi connectivity index (χ2v) is 5.72. The summed E-state index contributed by atoms with van der Waals surface area (Å²) in [5, 5.41) is 8.60. The van der Waals surface area contributed by atoms with Gasteiger partial charge in [0.1, 0.15) is 0 Å². The molecule has 1 aliphatic rings. The Morgan fingerprint density at radius 1 is 1.42 bits per heavy atom. The lowest BCUT2D eigenvalue weighted by Crippen LogP contribution is -2.30. The van der Waals surface area contributed by atoms with Crippen LogP contribution >= 0.6 is 15.9 Å². The first-order chi connectivity index (χ1) is 9.16. The Morgan fingerprint density at radius 3 is 2.84 bits per heavy atom. The molecule has 1 aromatic heterocycles. The van der Waals surface area contributed by atoms with Gasteiger partial charge in [-0.25, -0.2) is 0 Å². The SMILES string of the molecule is NC(=O)c1nn(C2CCNCC2)c2ccc(Br)cc12. The summed E-state index contributed by atoms with van der Waals surface area (Å²) in [5.41, 5.74) is 6.76. The van der Waals surface area contributed by atoms with E-state index in [1.165, 1.54) is 0 Å². The fourth-order valence-electron chi connectivity index (χ4n) is 2.62. The van der Waals surface area contributed by atoms with Gasteiger partial charge in [0.05, 0.1) is 11.6 Å². The van der Waals surface area contributed by atoms with Crippen molar-refractivity contribution in [3.05, 3.63) is 28.4 Å². The summed E-state index contributed by atoms with van der Waals surface area (Å²) in [6, 6.07) is 6.19. The predicted molar refractivity (Wildman–Crippen MR) is 77.1 cm³/mol. The van der Waals surface area contributed by atoms with Gasteiger partial charge in [-0.05, 0) is 44.1 Å². The number of hydrogen-bond acceptors (Lipinski definition) is 3. The zero-order chi connectivity index (χ0) is 13.4. The highest BCUT2D eigenvalue weighted by Crippen LogP contribution is 2.28. The highest BCUT2D eigenvalue weighted by atomic mass is 79.9. The van der Waals surface area contributed by atoms with Gasteiger partial charge < -0.3 is 11.1 Å². The summed E-state index contributed by atoms with van der Waals surface area (Å²) in [5.74, 6) is -0.476. The summed E-state index contributed by atoms with van der Waals surface area (Å²) in [6.45, 7) is 1.96. The molecule has 0 radical (unpaired) electrons. The van der Waals surface area contributed by atoms with E-state index in [1.54, 1.807) is 0 Å². The number of nitrogens with two attached hydrogens (primary N) is 1. The first-order valence-corrected chi connectivity index (χ1v) is 7.14. The zero-order valence-electron chi connectivity index (χ0n) is 10.4. The number of fused-ring (bicyclic) bond motifs is 1. The van der Waals surface area contributed by atoms with Gasteiger partial charge in [-0.3, -0.25) is 9.48 Å². The number of rotatable bonds is 2. The highest BCUT2D eigenvalue weighted by molar-refractivity contribution is 9.10. The lowest BCUT2D eigenvalue weighted by molar-refractivity contribution is 0.0995. The second kappa shape index (κ2) is 4.94. The number of hydrogen-bond donors (Lipinski definition) is 2. The molecule has 3 rings (SSSR count). The van der Waals surface area contributed by atoms with Crippen LogP contribution in [0.3, 0.4) is 0 Å². The van der Waals surface area contributed by atoms with Crippen LogP contribution in [0.1, 0.15) is 29.4 Å². The second-order valence-electron chi connectivity index (χ2n) is 4.80. The van der Waals surface area contributed by atoms with Crippen molar-refractivity contribution in [3.63, 3.8) is 0 Å². The minimum absolute atomic E-state index is 0.332. The molecular formula is C13H15BrN4O. The van der Waals surface area contributed by atoms with E-state index >= 15 is 0 Å².